The molecule has 4 nitrogen and oxygen atoms in total. The van der Waals surface area contributed by atoms with Crippen LogP contribution in [0.4, 0.5) is 5.69 Å². The van der Waals surface area contributed by atoms with Crippen molar-refractivity contribution < 1.29 is 4.79 Å². The maximum atomic E-state index is 12.1. The molecule has 1 unspecified atom stereocenters. The Morgan fingerprint density at radius 2 is 1.88 bits per heavy atom. The van der Waals surface area contributed by atoms with Crippen LogP contribution in [0.2, 0.25) is 0 Å². The summed E-state index contributed by atoms with van der Waals surface area (Å²) in [6.45, 7) is 5.86. The minimum atomic E-state index is -0.509. The van der Waals surface area contributed by atoms with Crippen molar-refractivity contribution in [2.24, 2.45) is 11.1 Å². The van der Waals surface area contributed by atoms with E-state index in [1.807, 2.05) is 20.8 Å². The van der Waals surface area contributed by atoms with Crippen LogP contribution < -0.4 is 10.6 Å². The van der Waals surface area contributed by atoms with Crippen molar-refractivity contribution >= 4 is 11.6 Å². The molecule has 88 valence electrons. The zero-order valence-electron chi connectivity index (χ0n) is 10.3. The van der Waals surface area contributed by atoms with Gasteiger partial charge in [-0.1, -0.05) is 20.8 Å². The molecule has 16 heavy (non-hydrogen) atoms. The van der Waals surface area contributed by atoms with Crippen molar-refractivity contribution in [2.75, 3.05) is 11.9 Å². The van der Waals surface area contributed by atoms with E-state index in [4.69, 9.17) is 5.73 Å². The molecule has 1 rings (SSSR count). The Bertz CT molecular complexity index is 356. The van der Waals surface area contributed by atoms with Crippen LogP contribution >= 0.6 is 0 Å². The maximum Gasteiger partial charge on any atom is 0.244 e. The Hall–Kier alpha value is -1.42. The van der Waals surface area contributed by atoms with E-state index in [-0.39, 0.29) is 11.3 Å². The molecule has 0 aromatic carbocycles. The standard InChI is InChI=1S/C12H19N3O/c1-12(2,3)10(13)11(16)15(4)9-5-7-14-8-6-9/h5-8,10H,13H2,1-4H3. The first-order valence-corrected chi connectivity index (χ1v) is 5.27. The van der Waals surface area contributed by atoms with Gasteiger partial charge in [0.1, 0.15) is 0 Å². The van der Waals surface area contributed by atoms with E-state index < -0.39 is 6.04 Å². The minimum absolute atomic E-state index is 0.0845. The van der Waals surface area contributed by atoms with E-state index in [2.05, 4.69) is 4.98 Å². The molecule has 0 spiro atoms. The highest BCUT2D eigenvalue weighted by Crippen LogP contribution is 2.21. The molecule has 1 aromatic rings. The summed E-state index contributed by atoms with van der Waals surface area (Å²) < 4.78 is 0. The summed E-state index contributed by atoms with van der Waals surface area (Å²) in [6.07, 6.45) is 3.31. The molecule has 0 saturated heterocycles. The van der Waals surface area contributed by atoms with Crippen molar-refractivity contribution in [3.63, 3.8) is 0 Å². The van der Waals surface area contributed by atoms with Crippen LogP contribution in [0.25, 0.3) is 0 Å². The predicted molar refractivity (Wildman–Crippen MR) is 65.1 cm³/mol. The average molecular weight is 221 g/mol. The van der Waals surface area contributed by atoms with Gasteiger partial charge >= 0.3 is 0 Å². The van der Waals surface area contributed by atoms with Gasteiger partial charge in [-0.15, -0.1) is 0 Å². The van der Waals surface area contributed by atoms with E-state index in [1.165, 1.54) is 0 Å². The number of carbonyl (C=O) groups excluding carboxylic acids is 1. The van der Waals surface area contributed by atoms with Crippen LogP contribution in [0, 0.1) is 5.41 Å². The molecular weight excluding hydrogens is 202 g/mol. The number of hydrogen-bond acceptors (Lipinski definition) is 3. The monoisotopic (exact) mass is 221 g/mol. The summed E-state index contributed by atoms with van der Waals surface area (Å²) in [7, 11) is 1.73. The van der Waals surface area contributed by atoms with Crippen molar-refractivity contribution in [1.29, 1.82) is 0 Å². The molecule has 0 bridgehead atoms. The second-order valence-electron chi connectivity index (χ2n) is 4.95. The fourth-order valence-electron chi connectivity index (χ4n) is 1.27. The zero-order chi connectivity index (χ0) is 12.3. The number of amides is 1. The Balaban J connectivity index is 2.84. The first-order valence-electron chi connectivity index (χ1n) is 5.27. The second-order valence-corrected chi connectivity index (χ2v) is 4.95. The summed E-state index contributed by atoms with van der Waals surface area (Å²) in [5.74, 6) is -0.0845. The van der Waals surface area contributed by atoms with Crippen molar-refractivity contribution in [3.05, 3.63) is 24.5 Å². The van der Waals surface area contributed by atoms with Gasteiger partial charge in [-0.05, 0) is 17.5 Å². The van der Waals surface area contributed by atoms with Crippen LogP contribution in [0.5, 0.6) is 0 Å². The van der Waals surface area contributed by atoms with E-state index in [1.54, 1.807) is 36.5 Å². The molecule has 1 atom stereocenters. The van der Waals surface area contributed by atoms with Gasteiger partial charge in [0, 0.05) is 25.1 Å². The second kappa shape index (κ2) is 4.61. The molecule has 0 radical (unpaired) electrons. The quantitative estimate of drug-likeness (QED) is 0.821. The lowest BCUT2D eigenvalue weighted by Crippen LogP contribution is -2.49. The van der Waals surface area contributed by atoms with Crippen LogP contribution in [0.15, 0.2) is 24.5 Å². The predicted octanol–water partition coefficient (Wildman–Crippen LogP) is 1.42. The van der Waals surface area contributed by atoms with Gasteiger partial charge in [-0.25, -0.2) is 0 Å². The highest BCUT2D eigenvalue weighted by Gasteiger charge is 2.30. The van der Waals surface area contributed by atoms with Gasteiger partial charge in [0.25, 0.3) is 0 Å². The number of pyridine rings is 1. The zero-order valence-corrected chi connectivity index (χ0v) is 10.3. The Kier molecular flexibility index (Phi) is 3.65. The minimum Gasteiger partial charge on any atom is -0.319 e. The van der Waals surface area contributed by atoms with E-state index in [0.717, 1.165) is 5.69 Å². The molecule has 0 fully saturated rings. The molecule has 0 aliphatic carbocycles. The number of hydrogen-bond donors (Lipinski definition) is 1. The molecule has 1 heterocycles. The van der Waals surface area contributed by atoms with Gasteiger partial charge in [-0.3, -0.25) is 9.78 Å². The third-order valence-corrected chi connectivity index (χ3v) is 2.58. The van der Waals surface area contributed by atoms with Crippen LogP contribution in [-0.4, -0.2) is 24.0 Å². The molecule has 0 aliphatic heterocycles. The summed E-state index contributed by atoms with van der Waals surface area (Å²) in [6, 6.07) is 3.06. The largest absolute Gasteiger partial charge is 0.319 e. The molecule has 4 heteroatoms. The normalized spacial score (nSPS) is 13.3. The highest BCUT2D eigenvalue weighted by molar-refractivity contribution is 5.96. The van der Waals surface area contributed by atoms with Crippen molar-refractivity contribution in [3.8, 4) is 0 Å². The van der Waals surface area contributed by atoms with Gasteiger partial charge < -0.3 is 10.6 Å². The average Bonchev–Trinajstić information content (AvgIpc) is 2.26. The lowest BCUT2D eigenvalue weighted by molar-refractivity contribution is -0.121. The van der Waals surface area contributed by atoms with Crippen LogP contribution in [0.1, 0.15) is 20.8 Å². The highest BCUT2D eigenvalue weighted by atomic mass is 16.2. The summed E-state index contributed by atoms with van der Waals surface area (Å²) in [4.78, 5) is 17.5. The van der Waals surface area contributed by atoms with Crippen molar-refractivity contribution in [1.82, 2.24) is 4.98 Å². The lowest BCUT2D eigenvalue weighted by atomic mass is 9.86. The molecule has 0 aliphatic rings. The summed E-state index contributed by atoms with van der Waals surface area (Å²) >= 11 is 0. The van der Waals surface area contributed by atoms with Crippen molar-refractivity contribution in [2.45, 2.75) is 26.8 Å². The number of nitrogens with zero attached hydrogens (tertiary/aromatic N) is 2. The van der Waals surface area contributed by atoms with Gasteiger partial charge in [-0.2, -0.15) is 0 Å². The first-order chi connectivity index (χ1) is 7.34. The topological polar surface area (TPSA) is 59.2 Å². The number of carbonyl (C=O) groups is 1. The van der Waals surface area contributed by atoms with Gasteiger partial charge in [0.05, 0.1) is 6.04 Å². The van der Waals surface area contributed by atoms with Crippen LogP contribution in [0.3, 0.4) is 0 Å². The number of nitrogens with two attached hydrogens (primary N) is 1. The third kappa shape index (κ3) is 2.79. The van der Waals surface area contributed by atoms with Gasteiger partial charge in [0.2, 0.25) is 5.91 Å². The molecule has 2 N–H and O–H groups in total. The summed E-state index contributed by atoms with van der Waals surface area (Å²) in [5, 5.41) is 0. The lowest BCUT2D eigenvalue weighted by Gasteiger charge is -2.29. The fraction of sp³-hybridized carbons (Fsp3) is 0.500. The Labute approximate surface area is 96.5 Å². The first kappa shape index (κ1) is 12.6. The maximum absolute atomic E-state index is 12.1. The summed E-state index contributed by atoms with van der Waals surface area (Å²) in [5.41, 5.74) is 6.49. The molecule has 0 saturated carbocycles. The molecular formula is C12H19N3O. The smallest absolute Gasteiger partial charge is 0.244 e. The third-order valence-electron chi connectivity index (χ3n) is 2.58. The van der Waals surface area contributed by atoms with E-state index in [0.29, 0.717) is 0 Å². The SMILES string of the molecule is CN(C(=O)C(N)C(C)(C)C)c1ccncc1. The van der Waals surface area contributed by atoms with E-state index in [9.17, 15) is 4.79 Å². The van der Waals surface area contributed by atoms with Crippen LogP contribution in [-0.2, 0) is 4.79 Å². The Morgan fingerprint density at radius 1 is 1.38 bits per heavy atom. The fourth-order valence-corrected chi connectivity index (χ4v) is 1.27. The number of rotatable bonds is 2. The Morgan fingerprint density at radius 3 is 2.31 bits per heavy atom. The molecule has 1 aromatic heterocycles. The number of aromatic nitrogens is 1. The molecule has 1 amide bonds. The number of likely N-dealkylation sites (N-methyl/N-ethyl adjacent to an activating group) is 1. The van der Waals surface area contributed by atoms with Gasteiger partial charge in [0.15, 0.2) is 0 Å². The van der Waals surface area contributed by atoms with E-state index >= 15 is 0 Å². The number of anilines is 1.